The fraction of sp³-hybridized carbons (Fsp3) is 0.939. The van der Waals surface area contributed by atoms with Gasteiger partial charge in [-0.1, -0.05) is 136 Å². The van der Waals surface area contributed by atoms with Crippen molar-refractivity contribution in [2.75, 3.05) is 26.4 Å². The zero-order valence-electron chi connectivity index (χ0n) is 27.9. The van der Waals surface area contributed by atoms with Gasteiger partial charge in [-0.2, -0.15) is 0 Å². The van der Waals surface area contributed by atoms with Crippen molar-refractivity contribution in [1.82, 2.24) is 0 Å². The number of aliphatic hydroxyl groups is 2. The molecule has 0 spiro atoms. The summed E-state index contributed by atoms with van der Waals surface area (Å²) >= 11 is 0. The predicted octanol–water partition coefficient (Wildman–Crippen LogP) is 7.94. The van der Waals surface area contributed by atoms with Crippen molar-refractivity contribution in [3.63, 3.8) is 0 Å². The molecule has 0 bridgehead atoms. The third-order valence-corrected chi connectivity index (χ3v) is 8.46. The first-order chi connectivity index (χ1) is 21.2. The molecule has 3 N–H and O–H groups in total. The summed E-state index contributed by atoms with van der Waals surface area (Å²) in [5, 5.41) is 18.2. The topological polar surface area (TPSA) is 149 Å². The highest BCUT2D eigenvalue weighted by Crippen LogP contribution is 2.43. The van der Waals surface area contributed by atoms with Gasteiger partial charge in [0, 0.05) is 12.8 Å². The zero-order chi connectivity index (χ0) is 32.7. The molecule has 0 radical (unpaired) electrons. The monoisotopic (exact) mass is 652 g/mol. The van der Waals surface area contributed by atoms with Crippen LogP contribution < -0.4 is 0 Å². The fourth-order valence-corrected chi connectivity index (χ4v) is 5.55. The summed E-state index contributed by atoms with van der Waals surface area (Å²) in [5.41, 5.74) is 0. The number of aliphatic hydroxyl groups excluding tert-OH is 2. The maximum absolute atomic E-state index is 12.5. The van der Waals surface area contributed by atoms with E-state index in [0.29, 0.717) is 12.8 Å². The van der Waals surface area contributed by atoms with E-state index in [9.17, 15) is 24.2 Å². The molecule has 0 fully saturated rings. The molecule has 0 amide bonds. The van der Waals surface area contributed by atoms with Gasteiger partial charge in [-0.3, -0.25) is 18.6 Å². The molecule has 0 aliphatic rings. The number of carbonyl (C=O) groups excluding carboxylic acids is 2. The minimum absolute atomic E-state index is 0.191. The average molecular weight is 653 g/mol. The Labute approximate surface area is 267 Å². The highest BCUT2D eigenvalue weighted by Gasteiger charge is 2.27. The number of carbonyl (C=O) groups is 2. The summed E-state index contributed by atoms with van der Waals surface area (Å²) in [7, 11) is -4.59. The molecule has 0 heterocycles. The lowest BCUT2D eigenvalue weighted by Crippen LogP contribution is -2.29. The Morgan fingerprint density at radius 1 is 0.591 bits per heavy atom. The number of rotatable bonds is 33. The van der Waals surface area contributed by atoms with Crippen LogP contribution in [0.4, 0.5) is 0 Å². The maximum atomic E-state index is 12.5. The van der Waals surface area contributed by atoms with Gasteiger partial charge in [-0.25, -0.2) is 4.57 Å². The molecule has 44 heavy (non-hydrogen) atoms. The van der Waals surface area contributed by atoms with Crippen molar-refractivity contribution in [1.29, 1.82) is 0 Å². The molecule has 0 aliphatic carbocycles. The van der Waals surface area contributed by atoms with Crippen molar-refractivity contribution in [3.05, 3.63) is 0 Å². The van der Waals surface area contributed by atoms with Crippen LogP contribution in [-0.4, -0.2) is 65.7 Å². The molecular formula is C33H65O10P. The van der Waals surface area contributed by atoms with Gasteiger partial charge < -0.3 is 24.6 Å². The van der Waals surface area contributed by atoms with Gasteiger partial charge in [0.1, 0.15) is 12.7 Å². The second-order valence-electron chi connectivity index (χ2n) is 11.9. The standard InChI is InChI=1S/C33H65O10P/c1-3-5-7-9-11-13-14-15-16-17-19-21-23-25-33(37)43-31(29-42-44(38,39)41-27-30(35)26-34)28-40-32(36)24-22-20-18-12-10-8-6-4-2/h30-31,34-35H,3-29H2,1-2H3,(H,38,39)/t30-,31+/m1/s1. The summed E-state index contributed by atoms with van der Waals surface area (Å²) in [6, 6.07) is 0. The predicted molar refractivity (Wildman–Crippen MR) is 173 cm³/mol. The van der Waals surface area contributed by atoms with Crippen LogP contribution >= 0.6 is 7.82 Å². The van der Waals surface area contributed by atoms with Crippen molar-refractivity contribution in [3.8, 4) is 0 Å². The van der Waals surface area contributed by atoms with Crippen LogP contribution in [0.3, 0.4) is 0 Å². The van der Waals surface area contributed by atoms with Gasteiger partial charge in [0.25, 0.3) is 0 Å². The second-order valence-corrected chi connectivity index (χ2v) is 13.4. The van der Waals surface area contributed by atoms with Crippen molar-refractivity contribution >= 4 is 19.8 Å². The first-order valence-corrected chi connectivity index (χ1v) is 19.0. The molecule has 0 saturated heterocycles. The van der Waals surface area contributed by atoms with Crippen LogP contribution in [0.1, 0.15) is 162 Å². The Bertz CT molecular complexity index is 721. The minimum Gasteiger partial charge on any atom is -0.462 e. The second kappa shape index (κ2) is 30.6. The fourth-order valence-electron chi connectivity index (χ4n) is 4.76. The van der Waals surface area contributed by atoms with E-state index in [1.165, 1.54) is 83.5 Å². The first kappa shape index (κ1) is 43.0. The van der Waals surface area contributed by atoms with E-state index in [4.69, 9.17) is 19.1 Å². The zero-order valence-corrected chi connectivity index (χ0v) is 28.8. The number of phosphoric ester groups is 1. The quantitative estimate of drug-likeness (QED) is 0.0362. The van der Waals surface area contributed by atoms with Crippen LogP contribution in [0.15, 0.2) is 0 Å². The lowest BCUT2D eigenvalue weighted by molar-refractivity contribution is -0.161. The van der Waals surface area contributed by atoms with Gasteiger partial charge in [0.2, 0.25) is 0 Å². The summed E-state index contributed by atoms with van der Waals surface area (Å²) < 4.78 is 32.4. The van der Waals surface area contributed by atoms with E-state index in [2.05, 4.69) is 18.4 Å². The van der Waals surface area contributed by atoms with Gasteiger partial charge in [-0.15, -0.1) is 0 Å². The number of unbranched alkanes of at least 4 members (excludes halogenated alkanes) is 19. The van der Waals surface area contributed by atoms with Gasteiger partial charge in [0.15, 0.2) is 6.10 Å². The lowest BCUT2D eigenvalue weighted by Gasteiger charge is -2.20. The summed E-state index contributed by atoms with van der Waals surface area (Å²) in [6.45, 7) is 2.33. The number of ether oxygens (including phenoxy) is 2. The smallest absolute Gasteiger partial charge is 0.462 e. The highest BCUT2D eigenvalue weighted by atomic mass is 31.2. The van der Waals surface area contributed by atoms with Crippen molar-refractivity contribution in [2.45, 2.75) is 174 Å². The maximum Gasteiger partial charge on any atom is 0.472 e. The largest absolute Gasteiger partial charge is 0.472 e. The van der Waals surface area contributed by atoms with Crippen LogP contribution in [-0.2, 0) is 32.7 Å². The molecule has 0 rings (SSSR count). The molecule has 11 heteroatoms. The third-order valence-electron chi connectivity index (χ3n) is 7.51. The average Bonchev–Trinajstić information content (AvgIpc) is 3.00. The molecule has 0 aromatic heterocycles. The van der Waals surface area contributed by atoms with Crippen molar-refractivity contribution in [2.24, 2.45) is 0 Å². The Morgan fingerprint density at radius 2 is 0.977 bits per heavy atom. The Balaban J connectivity index is 4.38. The minimum atomic E-state index is -4.59. The number of phosphoric acid groups is 1. The van der Waals surface area contributed by atoms with Crippen LogP contribution in [0.25, 0.3) is 0 Å². The molecule has 0 aromatic rings. The molecule has 1 unspecified atom stereocenters. The Hall–Kier alpha value is -1.03. The van der Waals surface area contributed by atoms with E-state index < -0.39 is 51.8 Å². The molecule has 262 valence electrons. The van der Waals surface area contributed by atoms with E-state index in [1.807, 2.05) is 0 Å². The molecule has 0 aromatic carbocycles. The lowest BCUT2D eigenvalue weighted by atomic mass is 10.0. The van der Waals surface area contributed by atoms with Gasteiger partial charge in [-0.05, 0) is 12.8 Å². The summed E-state index contributed by atoms with van der Waals surface area (Å²) in [5.74, 6) is -0.923. The number of esters is 2. The number of hydrogen-bond donors (Lipinski definition) is 3. The van der Waals surface area contributed by atoms with Gasteiger partial charge >= 0.3 is 19.8 Å². The summed E-state index contributed by atoms with van der Waals surface area (Å²) in [4.78, 5) is 34.6. The molecule has 10 nitrogen and oxygen atoms in total. The first-order valence-electron chi connectivity index (χ1n) is 17.5. The number of hydrogen-bond acceptors (Lipinski definition) is 9. The third kappa shape index (κ3) is 29.7. The Morgan fingerprint density at radius 3 is 1.41 bits per heavy atom. The van der Waals surface area contributed by atoms with E-state index in [0.717, 1.165) is 38.5 Å². The van der Waals surface area contributed by atoms with E-state index >= 15 is 0 Å². The highest BCUT2D eigenvalue weighted by molar-refractivity contribution is 7.47. The van der Waals surface area contributed by atoms with Crippen molar-refractivity contribution < 1.29 is 47.8 Å². The molecule has 0 saturated carbocycles. The molecule has 3 atom stereocenters. The van der Waals surface area contributed by atoms with Crippen LogP contribution in [0, 0.1) is 0 Å². The SMILES string of the molecule is CCCCCCCCCCCCCCCC(=O)O[C@@H](COC(=O)CCCCCCCCCC)COP(=O)(O)OC[C@H](O)CO. The van der Waals surface area contributed by atoms with E-state index in [1.54, 1.807) is 0 Å². The summed E-state index contributed by atoms with van der Waals surface area (Å²) in [6.07, 6.45) is 22.3. The van der Waals surface area contributed by atoms with Crippen LogP contribution in [0.2, 0.25) is 0 Å². The molecular weight excluding hydrogens is 587 g/mol. The normalized spacial score (nSPS) is 14.2. The Kier molecular flexibility index (Phi) is 29.9. The molecule has 0 aliphatic heterocycles. The van der Waals surface area contributed by atoms with Crippen LogP contribution in [0.5, 0.6) is 0 Å². The van der Waals surface area contributed by atoms with E-state index in [-0.39, 0.29) is 19.4 Å². The van der Waals surface area contributed by atoms with Gasteiger partial charge in [0.05, 0.1) is 19.8 Å².